The van der Waals surface area contributed by atoms with Gasteiger partial charge in [-0.05, 0) is 37.7 Å². The van der Waals surface area contributed by atoms with Crippen molar-refractivity contribution in [2.24, 2.45) is 0 Å². The van der Waals surface area contributed by atoms with Gasteiger partial charge in [0, 0.05) is 18.2 Å². The lowest BCUT2D eigenvalue weighted by molar-refractivity contribution is 0.193. The Morgan fingerprint density at radius 1 is 1.20 bits per heavy atom. The van der Waals surface area contributed by atoms with E-state index in [2.05, 4.69) is 10.2 Å². The molecule has 1 unspecified atom stereocenters. The van der Waals surface area contributed by atoms with Gasteiger partial charge in [-0.3, -0.25) is 5.10 Å². The molecule has 0 amide bonds. The second-order valence-corrected chi connectivity index (χ2v) is 4.69. The summed E-state index contributed by atoms with van der Waals surface area (Å²) in [4.78, 5) is 0. The molecule has 1 N–H and O–H groups in total. The van der Waals surface area contributed by atoms with Crippen LogP contribution in [0, 0.1) is 0 Å². The van der Waals surface area contributed by atoms with Gasteiger partial charge < -0.3 is 4.74 Å². The number of ether oxygens (including phenoxy) is 1. The summed E-state index contributed by atoms with van der Waals surface area (Å²) in [5, 5.41) is 7.75. The molecular formula is C12H18N2O. The van der Waals surface area contributed by atoms with Crippen molar-refractivity contribution >= 4 is 0 Å². The third kappa shape index (κ3) is 1.69. The van der Waals surface area contributed by atoms with Gasteiger partial charge in [0.15, 0.2) is 0 Å². The minimum absolute atomic E-state index is 0.558. The van der Waals surface area contributed by atoms with Crippen molar-refractivity contribution in [3.63, 3.8) is 0 Å². The molecule has 0 aromatic carbocycles. The van der Waals surface area contributed by atoms with Crippen LogP contribution < -0.4 is 0 Å². The van der Waals surface area contributed by atoms with Gasteiger partial charge in [0.05, 0.1) is 12.3 Å². The van der Waals surface area contributed by atoms with E-state index in [1.807, 2.05) is 0 Å². The van der Waals surface area contributed by atoms with Crippen LogP contribution in [0.1, 0.15) is 48.6 Å². The summed E-state index contributed by atoms with van der Waals surface area (Å²) < 4.78 is 5.45. The van der Waals surface area contributed by atoms with Crippen LogP contribution in [0.4, 0.5) is 0 Å². The molecule has 3 heteroatoms. The van der Waals surface area contributed by atoms with Crippen LogP contribution in [0.5, 0.6) is 0 Å². The fourth-order valence-corrected chi connectivity index (χ4v) is 2.77. The molecule has 1 atom stereocenters. The predicted molar refractivity (Wildman–Crippen MR) is 58.0 cm³/mol. The number of aryl methyl sites for hydroxylation is 1. The Morgan fingerprint density at radius 3 is 3.00 bits per heavy atom. The van der Waals surface area contributed by atoms with Gasteiger partial charge in [-0.1, -0.05) is 6.42 Å². The first-order chi connectivity index (χ1) is 7.45. The zero-order valence-corrected chi connectivity index (χ0v) is 9.09. The maximum Gasteiger partial charge on any atom is 0.0711 e. The van der Waals surface area contributed by atoms with Crippen molar-refractivity contribution in [1.29, 1.82) is 0 Å². The molecular weight excluding hydrogens is 188 g/mol. The average Bonchev–Trinajstić information content (AvgIpc) is 2.83. The summed E-state index contributed by atoms with van der Waals surface area (Å²) in [5.41, 5.74) is 4.22. The summed E-state index contributed by atoms with van der Waals surface area (Å²) in [6.45, 7) is 1.78. The highest BCUT2D eigenvalue weighted by Crippen LogP contribution is 2.30. The zero-order valence-electron chi connectivity index (χ0n) is 9.09. The van der Waals surface area contributed by atoms with Gasteiger partial charge in [-0.25, -0.2) is 0 Å². The Balaban J connectivity index is 1.91. The molecule has 1 saturated heterocycles. The molecule has 1 aromatic rings. The highest BCUT2D eigenvalue weighted by molar-refractivity contribution is 5.29. The Morgan fingerprint density at radius 2 is 2.13 bits per heavy atom. The molecule has 1 fully saturated rings. The topological polar surface area (TPSA) is 37.9 Å². The van der Waals surface area contributed by atoms with Crippen LogP contribution in [0.3, 0.4) is 0 Å². The molecule has 15 heavy (non-hydrogen) atoms. The van der Waals surface area contributed by atoms with Crippen LogP contribution >= 0.6 is 0 Å². The van der Waals surface area contributed by atoms with E-state index in [4.69, 9.17) is 4.74 Å². The lowest BCUT2D eigenvalue weighted by Crippen LogP contribution is -2.02. The van der Waals surface area contributed by atoms with Gasteiger partial charge in [-0.2, -0.15) is 5.10 Å². The lowest BCUT2D eigenvalue weighted by Gasteiger charge is -2.06. The summed E-state index contributed by atoms with van der Waals surface area (Å²) in [6, 6.07) is 0. The van der Waals surface area contributed by atoms with E-state index in [0.717, 1.165) is 19.6 Å². The predicted octanol–water partition coefficient (Wildman–Crippen LogP) is 2.18. The van der Waals surface area contributed by atoms with Gasteiger partial charge in [0.1, 0.15) is 0 Å². The largest absolute Gasteiger partial charge is 0.381 e. The van der Waals surface area contributed by atoms with Crippen molar-refractivity contribution in [2.45, 2.75) is 44.4 Å². The average molecular weight is 206 g/mol. The molecule has 0 spiro atoms. The number of rotatable bonds is 1. The Hall–Kier alpha value is -0.830. The molecule has 3 rings (SSSR count). The smallest absolute Gasteiger partial charge is 0.0711 e. The summed E-state index contributed by atoms with van der Waals surface area (Å²) >= 11 is 0. The Bertz CT molecular complexity index is 339. The van der Waals surface area contributed by atoms with Crippen LogP contribution in [0.2, 0.25) is 0 Å². The monoisotopic (exact) mass is 206 g/mol. The number of aromatic amines is 1. The van der Waals surface area contributed by atoms with Crippen LogP contribution in [0.15, 0.2) is 0 Å². The minimum atomic E-state index is 0.558. The normalized spacial score (nSPS) is 26.3. The lowest BCUT2D eigenvalue weighted by atomic mass is 9.97. The zero-order chi connectivity index (χ0) is 10.1. The van der Waals surface area contributed by atoms with Crippen molar-refractivity contribution in [1.82, 2.24) is 10.2 Å². The molecule has 3 nitrogen and oxygen atoms in total. The van der Waals surface area contributed by atoms with E-state index in [-0.39, 0.29) is 0 Å². The minimum Gasteiger partial charge on any atom is -0.381 e. The van der Waals surface area contributed by atoms with Crippen molar-refractivity contribution in [2.75, 3.05) is 13.2 Å². The van der Waals surface area contributed by atoms with Crippen molar-refractivity contribution in [3.05, 3.63) is 17.0 Å². The van der Waals surface area contributed by atoms with Crippen molar-refractivity contribution in [3.8, 4) is 0 Å². The fourth-order valence-electron chi connectivity index (χ4n) is 2.77. The molecule has 1 aliphatic heterocycles. The summed E-state index contributed by atoms with van der Waals surface area (Å²) in [6.07, 6.45) is 7.57. The summed E-state index contributed by atoms with van der Waals surface area (Å²) in [5.74, 6) is 0.558. The number of hydrogen-bond donors (Lipinski definition) is 1. The van der Waals surface area contributed by atoms with Gasteiger partial charge in [0.25, 0.3) is 0 Å². The molecule has 2 aliphatic rings. The third-order valence-electron chi connectivity index (χ3n) is 3.65. The SMILES string of the molecule is C1CCc2[nH]nc(C3CCOC3)c2CC1. The van der Waals surface area contributed by atoms with Crippen molar-refractivity contribution < 1.29 is 4.74 Å². The molecule has 2 heterocycles. The van der Waals surface area contributed by atoms with Gasteiger partial charge >= 0.3 is 0 Å². The first-order valence-corrected chi connectivity index (χ1v) is 6.09. The van der Waals surface area contributed by atoms with Crippen LogP contribution in [0.25, 0.3) is 0 Å². The molecule has 1 aromatic heterocycles. The number of nitrogens with one attached hydrogen (secondary N) is 1. The quantitative estimate of drug-likeness (QED) is 0.715. The highest BCUT2D eigenvalue weighted by Gasteiger charge is 2.25. The number of nitrogens with zero attached hydrogens (tertiary/aromatic N) is 1. The first-order valence-electron chi connectivity index (χ1n) is 6.09. The fraction of sp³-hybridized carbons (Fsp3) is 0.750. The molecule has 1 aliphatic carbocycles. The molecule has 0 bridgehead atoms. The van der Waals surface area contributed by atoms with E-state index in [1.54, 1.807) is 0 Å². The number of fused-ring (bicyclic) bond motifs is 1. The first kappa shape index (κ1) is 9.40. The highest BCUT2D eigenvalue weighted by atomic mass is 16.5. The Labute approximate surface area is 90.2 Å². The maximum absolute atomic E-state index is 5.45. The number of aromatic nitrogens is 2. The van der Waals surface area contributed by atoms with Gasteiger partial charge in [0.2, 0.25) is 0 Å². The molecule has 0 radical (unpaired) electrons. The molecule has 0 saturated carbocycles. The van der Waals surface area contributed by atoms with Crippen LogP contribution in [-0.4, -0.2) is 23.4 Å². The third-order valence-corrected chi connectivity index (χ3v) is 3.65. The second-order valence-electron chi connectivity index (χ2n) is 4.69. The van der Waals surface area contributed by atoms with Gasteiger partial charge in [-0.15, -0.1) is 0 Å². The van der Waals surface area contributed by atoms with E-state index in [9.17, 15) is 0 Å². The molecule has 82 valence electrons. The van der Waals surface area contributed by atoms with E-state index in [0.29, 0.717) is 5.92 Å². The Kier molecular flexibility index (Phi) is 2.49. The van der Waals surface area contributed by atoms with E-state index in [1.165, 1.54) is 49.1 Å². The van der Waals surface area contributed by atoms with E-state index >= 15 is 0 Å². The summed E-state index contributed by atoms with van der Waals surface area (Å²) in [7, 11) is 0. The second kappa shape index (κ2) is 3.97. The van der Waals surface area contributed by atoms with E-state index < -0.39 is 0 Å². The standard InChI is InChI=1S/C12H18N2O/c1-2-4-10-11(5-3-1)13-14-12(10)9-6-7-15-8-9/h9H,1-8H2,(H,13,14). The van der Waals surface area contributed by atoms with Crippen LogP contribution in [-0.2, 0) is 17.6 Å². The number of hydrogen-bond acceptors (Lipinski definition) is 2. The number of H-pyrrole nitrogens is 1. The maximum atomic E-state index is 5.45.